The van der Waals surface area contributed by atoms with Crippen molar-refractivity contribution in [1.82, 2.24) is 4.72 Å². The van der Waals surface area contributed by atoms with E-state index in [1.807, 2.05) is 6.26 Å². The highest BCUT2D eigenvalue weighted by Crippen LogP contribution is 2.42. The average molecular weight is 287 g/mol. The van der Waals surface area contributed by atoms with Crippen LogP contribution in [0.2, 0.25) is 0 Å². The molecule has 1 fully saturated rings. The van der Waals surface area contributed by atoms with E-state index in [1.165, 1.54) is 30.7 Å². The van der Waals surface area contributed by atoms with Gasteiger partial charge in [0.1, 0.15) is 5.75 Å². The van der Waals surface area contributed by atoms with Crippen LogP contribution in [0.4, 0.5) is 0 Å². The summed E-state index contributed by atoms with van der Waals surface area (Å²) in [6.45, 7) is 0.470. The van der Waals surface area contributed by atoms with Gasteiger partial charge >= 0.3 is 0 Å². The van der Waals surface area contributed by atoms with E-state index in [9.17, 15) is 8.42 Å². The van der Waals surface area contributed by atoms with Gasteiger partial charge in [-0.1, -0.05) is 6.42 Å². The lowest BCUT2D eigenvalue weighted by Crippen LogP contribution is -2.45. The van der Waals surface area contributed by atoms with E-state index in [0.29, 0.717) is 6.54 Å². The Balaban J connectivity index is 2.05. The Bertz CT molecular complexity index is 501. The SMILES string of the molecule is CSC1(CNS(=O)(=O)c2ccc(O)cc2)CCC1. The van der Waals surface area contributed by atoms with Gasteiger partial charge in [-0.3, -0.25) is 0 Å². The third kappa shape index (κ3) is 2.81. The summed E-state index contributed by atoms with van der Waals surface area (Å²) in [5.41, 5.74) is 0. The summed E-state index contributed by atoms with van der Waals surface area (Å²) in [4.78, 5) is 0.191. The van der Waals surface area contributed by atoms with Crippen LogP contribution in [0.1, 0.15) is 19.3 Å². The molecule has 1 aliphatic carbocycles. The van der Waals surface area contributed by atoms with E-state index < -0.39 is 10.0 Å². The van der Waals surface area contributed by atoms with Gasteiger partial charge in [-0.15, -0.1) is 0 Å². The number of thioether (sulfide) groups is 1. The summed E-state index contributed by atoms with van der Waals surface area (Å²) in [7, 11) is -3.47. The first-order valence-corrected chi connectivity index (χ1v) is 8.52. The largest absolute Gasteiger partial charge is 0.508 e. The Morgan fingerprint density at radius 1 is 1.33 bits per heavy atom. The van der Waals surface area contributed by atoms with Crippen molar-refractivity contribution in [2.75, 3.05) is 12.8 Å². The molecule has 2 rings (SSSR count). The van der Waals surface area contributed by atoms with Crippen LogP contribution in [-0.4, -0.2) is 31.1 Å². The molecular weight excluding hydrogens is 270 g/mol. The Kier molecular flexibility index (Phi) is 3.89. The molecule has 0 atom stereocenters. The van der Waals surface area contributed by atoms with Crippen LogP contribution in [-0.2, 0) is 10.0 Å². The van der Waals surface area contributed by atoms with Gasteiger partial charge < -0.3 is 5.11 Å². The van der Waals surface area contributed by atoms with Crippen LogP contribution in [0.3, 0.4) is 0 Å². The number of phenolic OH excluding ortho intramolecular Hbond substituents is 1. The van der Waals surface area contributed by atoms with E-state index in [4.69, 9.17) is 5.11 Å². The van der Waals surface area contributed by atoms with Gasteiger partial charge in [0.15, 0.2) is 0 Å². The number of hydrogen-bond donors (Lipinski definition) is 2. The highest BCUT2D eigenvalue weighted by molar-refractivity contribution is 8.00. The second kappa shape index (κ2) is 5.11. The molecule has 18 heavy (non-hydrogen) atoms. The molecule has 1 aliphatic rings. The highest BCUT2D eigenvalue weighted by Gasteiger charge is 2.37. The van der Waals surface area contributed by atoms with E-state index in [0.717, 1.165) is 12.8 Å². The third-order valence-electron chi connectivity index (χ3n) is 3.43. The highest BCUT2D eigenvalue weighted by atomic mass is 32.2. The molecule has 1 aromatic rings. The lowest BCUT2D eigenvalue weighted by molar-refractivity contribution is 0.362. The van der Waals surface area contributed by atoms with Crippen molar-refractivity contribution in [3.05, 3.63) is 24.3 Å². The predicted molar refractivity (Wildman–Crippen MR) is 73.4 cm³/mol. The van der Waals surface area contributed by atoms with Crippen molar-refractivity contribution in [2.24, 2.45) is 0 Å². The lowest BCUT2D eigenvalue weighted by atomic mass is 9.84. The monoisotopic (exact) mass is 287 g/mol. The standard InChI is InChI=1S/C12H17NO3S2/c1-17-12(7-2-8-12)9-13-18(15,16)11-5-3-10(14)4-6-11/h3-6,13-14H,2,7-9H2,1H3. The molecule has 0 aliphatic heterocycles. The molecule has 6 heteroatoms. The first-order chi connectivity index (χ1) is 8.47. The zero-order chi connectivity index (χ0) is 13.2. The molecule has 0 amide bonds. The van der Waals surface area contributed by atoms with Crippen molar-refractivity contribution >= 4 is 21.8 Å². The number of benzene rings is 1. The number of nitrogens with one attached hydrogen (secondary N) is 1. The number of phenols is 1. The van der Waals surface area contributed by atoms with Gasteiger partial charge in [-0.25, -0.2) is 13.1 Å². The summed E-state index contributed by atoms with van der Waals surface area (Å²) in [6.07, 6.45) is 5.31. The smallest absolute Gasteiger partial charge is 0.240 e. The minimum absolute atomic E-state index is 0.0635. The average Bonchev–Trinajstić information content (AvgIpc) is 2.29. The van der Waals surface area contributed by atoms with Gasteiger partial charge in [0.2, 0.25) is 10.0 Å². The molecule has 0 saturated heterocycles. The van der Waals surface area contributed by atoms with Gasteiger partial charge in [-0.05, 0) is 43.4 Å². The van der Waals surface area contributed by atoms with E-state index in [2.05, 4.69) is 4.72 Å². The van der Waals surface area contributed by atoms with Crippen LogP contribution < -0.4 is 4.72 Å². The van der Waals surface area contributed by atoms with Crippen LogP contribution in [0.15, 0.2) is 29.2 Å². The quantitative estimate of drug-likeness (QED) is 0.869. The lowest BCUT2D eigenvalue weighted by Gasteiger charge is -2.40. The zero-order valence-corrected chi connectivity index (χ0v) is 11.9. The normalized spacial score (nSPS) is 18.3. The van der Waals surface area contributed by atoms with Crippen molar-refractivity contribution in [3.63, 3.8) is 0 Å². The van der Waals surface area contributed by atoms with Gasteiger partial charge in [0, 0.05) is 11.3 Å². The molecule has 0 aromatic heterocycles. The van der Waals surface area contributed by atoms with E-state index in [1.54, 1.807) is 11.8 Å². The molecule has 2 N–H and O–H groups in total. The minimum atomic E-state index is -3.47. The molecule has 0 unspecified atom stereocenters. The molecule has 4 nitrogen and oxygen atoms in total. The number of hydrogen-bond acceptors (Lipinski definition) is 4. The van der Waals surface area contributed by atoms with Gasteiger partial charge in [0.05, 0.1) is 4.90 Å². The maximum atomic E-state index is 12.0. The number of aromatic hydroxyl groups is 1. The fourth-order valence-corrected chi connectivity index (χ4v) is 4.09. The first-order valence-electron chi connectivity index (χ1n) is 5.81. The van der Waals surface area contributed by atoms with Crippen molar-refractivity contribution in [1.29, 1.82) is 0 Å². The van der Waals surface area contributed by atoms with Crippen LogP contribution in [0.5, 0.6) is 5.75 Å². The summed E-state index contributed by atoms with van der Waals surface area (Å²) < 4.78 is 26.8. The maximum Gasteiger partial charge on any atom is 0.240 e. The van der Waals surface area contributed by atoms with Crippen molar-refractivity contribution in [3.8, 4) is 5.75 Å². The molecular formula is C12H17NO3S2. The van der Waals surface area contributed by atoms with Crippen LogP contribution >= 0.6 is 11.8 Å². The van der Waals surface area contributed by atoms with Gasteiger partial charge in [-0.2, -0.15) is 11.8 Å². The Labute approximate surface area is 112 Å². The van der Waals surface area contributed by atoms with Crippen molar-refractivity contribution in [2.45, 2.75) is 28.9 Å². The topological polar surface area (TPSA) is 66.4 Å². The summed E-state index contributed by atoms with van der Waals surface area (Å²) in [5, 5.41) is 9.15. The van der Waals surface area contributed by atoms with Gasteiger partial charge in [0.25, 0.3) is 0 Å². The molecule has 0 heterocycles. The molecule has 1 saturated carbocycles. The second-order valence-corrected chi connectivity index (χ2v) is 7.60. The molecule has 1 aromatic carbocycles. The predicted octanol–water partition coefficient (Wildman–Crippen LogP) is 1.96. The molecule has 100 valence electrons. The Morgan fingerprint density at radius 2 is 1.94 bits per heavy atom. The number of sulfonamides is 1. The van der Waals surface area contributed by atoms with Crippen LogP contribution in [0, 0.1) is 0 Å². The van der Waals surface area contributed by atoms with Crippen molar-refractivity contribution < 1.29 is 13.5 Å². The molecule has 0 radical (unpaired) electrons. The van der Waals surface area contributed by atoms with Crippen LogP contribution in [0.25, 0.3) is 0 Å². The summed E-state index contributed by atoms with van der Waals surface area (Å²) in [6, 6.07) is 5.57. The fraction of sp³-hybridized carbons (Fsp3) is 0.500. The van der Waals surface area contributed by atoms with E-state index in [-0.39, 0.29) is 15.4 Å². The zero-order valence-electron chi connectivity index (χ0n) is 10.2. The second-order valence-electron chi connectivity index (χ2n) is 4.56. The summed E-state index contributed by atoms with van der Waals surface area (Å²) >= 11 is 1.73. The summed E-state index contributed by atoms with van der Waals surface area (Å²) in [5.74, 6) is 0.0635. The third-order valence-corrected chi connectivity index (χ3v) is 6.26. The first kappa shape index (κ1) is 13.7. The minimum Gasteiger partial charge on any atom is -0.508 e. The Hall–Kier alpha value is -0.720. The fourth-order valence-electron chi connectivity index (χ4n) is 1.96. The number of rotatable bonds is 5. The van der Waals surface area contributed by atoms with E-state index >= 15 is 0 Å². The Morgan fingerprint density at radius 3 is 2.39 bits per heavy atom. The molecule has 0 spiro atoms. The maximum absolute atomic E-state index is 12.0. The molecule has 0 bridgehead atoms.